The predicted molar refractivity (Wildman–Crippen MR) is 54.1 cm³/mol. The molecule has 0 amide bonds. The van der Waals surface area contributed by atoms with Crippen molar-refractivity contribution in [3.63, 3.8) is 0 Å². The Kier molecular flexibility index (Phi) is 1.60. The zero-order valence-electron chi connectivity index (χ0n) is 7.77. The van der Waals surface area contributed by atoms with Gasteiger partial charge in [0.15, 0.2) is 0 Å². The van der Waals surface area contributed by atoms with E-state index in [-0.39, 0.29) is 0 Å². The Bertz CT molecular complexity index is 390. The molecule has 68 valence electrons. The molecule has 0 aliphatic heterocycles. The van der Waals surface area contributed by atoms with Crippen molar-refractivity contribution < 1.29 is 0 Å². The number of hydrogen-bond donors (Lipinski definition) is 0. The summed E-state index contributed by atoms with van der Waals surface area (Å²) in [7, 11) is 0. The summed E-state index contributed by atoms with van der Waals surface area (Å²) in [4.78, 5) is 8.37. The van der Waals surface area contributed by atoms with E-state index in [0.717, 1.165) is 12.8 Å². The minimum absolute atomic E-state index is 0.952. The minimum Gasteiger partial charge on any atom is -0.245 e. The summed E-state index contributed by atoms with van der Waals surface area (Å²) in [5.74, 6) is 0. The Morgan fingerprint density at radius 3 is 2.57 bits per heavy atom. The summed E-state index contributed by atoms with van der Waals surface area (Å²) in [6.07, 6.45) is 5.49. The van der Waals surface area contributed by atoms with E-state index in [1.165, 1.54) is 22.4 Å². The highest BCUT2D eigenvalue weighted by Crippen LogP contribution is 2.24. The second-order valence-electron chi connectivity index (χ2n) is 3.62. The summed E-state index contributed by atoms with van der Waals surface area (Å²) in [5.41, 5.74) is 5.26. The zero-order valence-corrected chi connectivity index (χ0v) is 7.77. The van der Waals surface area contributed by atoms with E-state index >= 15 is 0 Å². The molecule has 0 bridgehead atoms. The van der Waals surface area contributed by atoms with Gasteiger partial charge in [0.05, 0.1) is 5.69 Å². The molecule has 0 spiro atoms. The fraction of sp³-hybridized carbons (Fsp3) is 0.167. The third-order valence-corrected chi connectivity index (χ3v) is 2.74. The Hall–Kier alpha value is -1.70. The van der Waals surface area contributed by atoms with Crippen LogP contribution in [0, 0.1) is 0 Å². The second kappa shape index (κ2) is 2.91. The van der Waals surface area contributed by atoms with E-state index in [1.807, 2.05) is 6.20 Å². The van der Waals surface area contributed by atoms with Crippen molar-refractivity contribution in [3.05, 3.63) is 59.2 Å². The van der Waals surface area contributed by atoms with Gasteiger partial charge in [0.2, 0.25) is 0 Å². The summed E-state index contributed by atoms with van der Waals surface area (Å²) in [6, 6.07) is 8.55. The number of rotatable bonds is 0. The molecule has 3 rings (SSSR count). The maximum absolute atomic E-state index is 4.31. The number of hydrogen-bond acceptors (Lipinski definition) is 2. The molecule has 0 atom stereocenters. The van der Waals surface area contributed by atoms with Crippen LogP contribution in [0.3, 0.4) is 0 Å². The van der Waals surface area contributed by atoms with Gasteiger partial charge < -0.3 is 0 Å². The van der Waals surface area contributed by atoms with Crippen LogP contribution in [-0.4, -0.2) is 9.97 Å². The maximum atomic E-state index is 4.31. The van der Waals surface area contributed by atoms with Gasteiger partial charge in [0, 0.05) is 19.0 Å². The van der Waals surface area contributed by atoms with Crippen molar-refractivity contribution in [1.29, 1.82) is 0 Å². The van der Waals surface area contributed by atoms with Gasteiger partial charge in [-0.25, -0.2) is 9.97 Å². The average molecular weight is 182 g/mol. The van der Waals surface area contributed by atoms with Gasteiger partial charge >= 0.3 is 0 Å². The lowest BCUT2D eigenvalue weighted by Crippen LogP contribution is -2.09. The van der Waals surface area contributed by atoms with Gasteiger partial charge in [-0.15, -0.1) is 0 Å². The first kappa shape index (κ1) is 7.68. The van der Waals surface area contributed by atoms with Crippen molar-refractivity contribution in [1.82, 2.24) is 9.97 Å². The molecule has 14 heavy (non-hydrogen) atoms. The molecule has 2 heteroatoms. The number of nitrogens with zero attached hydrogens (tertiary/aromatic N) is 2. The van der Waals surface area contributed by atoms with E-state index in [9.17, 15) is 0 Å². The molecular weight excluding hydrogens is 172 g/mol. The van der Waals surface area contributed by atoms with Crippen LogP contribution >= 0.6 is 0 Å². The molecule has 0 saturated carbocycles. The van der Waals surface area contributed by atoms with Crippen LogP contribution in [0.1, 0.15) is 22.4 Å². The SMILES string of the molecule is c1ccc2c(c1)Cc1cncnc1C2. The van der Waals surface area contributed by atoms with Crippen LogP contribution in [0.5, 0.6) is 0 Å². The van der Waals surface area contributed by atoms with Crippen molar-refractivity contribution in [2.75, 3.05) is 0 Å². The molecule has 1 heterocycles. The van der Waals surface area contributed by atoms with Crippen LogP contribution in [0.4, 0.5) is 0 Å². The maximum Gasteiger partial charge on any atom is 0.115 e. The topological polar surface area (TPSA) is 25.8 Å². The highest BCUT2D eigenvalue weighted by Gasteiger charge is 2.14. The lowest BCUT2D eigenvalue weighted by Gasteiger charge is -2.17. The lowest BCUT2D eigenvalue weighted by atomic mass is 9.90. The Balaban J connectivity index is 2.12. The van der Waals surface area contributed by atoms with E-state index < -0.39 is 0 Å². The molecule has 1 aliphatic carbocycles. The zero-order chi connectivity index (χ0) is 9.38. The highest BCUT2D eigenvalue weighted by molar-refractivity contribution is 5.41. The second-order valence-corrected chi connectivity index (χ2v) is 3.62. The van der Waals surface area contributed by atoms with Gasteiger partial charge in [0.1, 0.15) is 6.33 Å². The molecule has 1 aromatic carbocycles. The third-order valence-electron chi connectivity index (χ3n) is 2.74. The first-order chi connectivity index (χ1) is 6.93. The normalized spacial score (nSPS) is 13.1. The fourth-order valence-electron chi connectivity index (χ4n) is 1.98. The summed E-state index contributed by atoms with van der Waals surface area (Å²) >= 11 is 0. The third kappa shape index (κ3) is 1.11. The smallest absolute Gasteiger partial charge is 0.115 e. The fourth-order valence-corrected chi connectivity index (χ4v) is 1.98. The van der Waals surface area contributed by atoms with Crippen LogP contribution < -0.4 is 0 Å². The van der Waals surface area contributed by atoms with Crippen LogP contribution in [0.2, 0.25) is 0 Å². The quantitative estimate of drug-likeness (QED) is 0.531. The first-order valence-corrected chi connectivity index (χ1v) is 4.78. The van der Waals surface area contributed by atoms with Crippen molar-refractivity contribution in [2.45, 2.75) is 12.8 Å². The Morgan fingerprint density at radius 2 is 1.71 bits per heavy atom. The van der Waals surface area contributed by atoms with Crippen LogP contribution in [-0.2, 0) is 12.8 Å². The highest BCUT2D eigenvalue weighted by atomic mass is 14.8. The minimum atomic E-state index is 0.952. The van der Waals surface area contributed by atoms with Crippen LogP contribution in [0.25, 0.3) is 0 Å². The van der Waals surface area contributed by atoms with Gasteiger partial charge in [-0.3, -0.25) is 0 Å². The first-order valence-electron chi connectivity index (χ1n) is 4.78. The molecule has 0 unspecified atom stereocenters. The molecule has 2 nitrogen and oxygen atoms in total. The number of fused-ring (bicyclic) bond motifs is 2. The molecule has 0 radical (unpaired) electrons. The van der Waals surface area contributed by atoms with Crippen LogP contribution in [0.15, 0.2) is 36.8 Å². The summed E-state index contributed by atoms with van der Waals surface area (Å²) in [5, 5.41) is 0. The van der Waals surface area contributed by atoms with Crippen molar-refractivity contribution in [2.24, 2.45) is 0 Å². The molecular formula is C12H10N2. The van der Waals surface area contributed by atoms with E-state index in [2.05, 4.69) is 34.2 Å². The van der Waals surface area contributed by atoms with E-state index in [0.29, 0.717) is 0 Å². The molecule has 0 saturated heterocycles. The lowest BCUT2D eigenvalue weighted by molar-refractivity contribution is 0.912. The molecule has 2 aromatic rings. The molecule has 0 fully saturated rings. The predicted octanol–water partition coefficient (Wildman–Crippen LogP) is 1.97. The summed E-state index contributed by atoms with van der Waals surface area (Å²) < 4.78 is 0. The molecule has 0 N–H and O–H groups in total. The van der Waals surface area contributed by atoms with E-state index in [4.69, 9.17) is 0 Å². The van der Waals surface area contributed by atoms with E-state index in [1.54, 1.807) is 6.33 Å². The number of aromatic nitrogens is 2. The summed E-state index contributed by atoms with van der Waals surface area (Å²) in [6.45, 7) is 0. The van der Waals surface area contributed by atoms with Gasteiger partial charge in [0.25, 0.3) is 0 Å². The average Bonchev–Trinajstić information content (AvgIpc) is 2.26. The molecule has 1 aliphatic rings. The number of benzene rings is 1. The monoisotopic (exact) mass is 182 g/mol. The van der Waals surface area contributed by atoms with Gasteiger partial charge in [-0.05, 0) is 16.7 Å². The van der Waals surface area contributed by atoms with Crippen molar-refractivity contribution >= 4 is 0 Å². The standard InChI is InChI=1S/C12H10N2/c1-2-4-10-6-12-11(5-9(10)3-1)7-13-8-14-12/h1-4,7-8H,5-6H2. The Labute approximate surface area is 82.7 Å². The van der Waals surface area contributed by atoms with Crippen molar-refractivity contribution in [3.8, 4) is 0 Å². The molecule has 1 aromatic heterocycles. The Morgan fingerprint density at radius 1 is 0.929 bits per heavy atom. The van der Waals surface area contributed by atoms with Gasteiger partial charge in [-0.2, -0.15) is 0 Å². The van der Waals surface area contributed by atoms with Gasteiger partial charge in [-0.1, -0.05) is 24.3 Å². The largest absolute Gasteiger partial charge is 0.245 e.